The minimum atomic E-state index is -0.0233. The normalized spacial score (nSPS) is 12.6. The quantitative estimate of drug-likeness (QED) is 0.755. The lowest BCUT2D eigenvalue weighted by atomic mass is 10.2. The summed E-state index contributed by atoms with van der Waals surface area (Å²) in [5.74, 6) is -0.0233. The van der Waals surface area contributed by atoms with Crippen LogP contribution in [0.1, 0.15) is 32.3 Å². The van der Waals surface area contributed by atoms with Crippen LogP contribution in [-0.2, 0) is 4.79 Å². The molecule has 0 bridgehead atoms. The van der Waals surface area contributed by atoms with E-state index in [-0.39, 0.29) is 11.9 Å². The minimum absolute atomic E-state index is 0.0233. The van der Waals surface area contributed by atoms with Gasteiger partial charge in [0.05, 0.1) is 0 Å². The van der Waals surface area contributed by atoms with Crippen molar-refractivity contribution in [2.24, 2.45) is 0 Å². The van der Waals surface area contributed by atoms with E-state index in [1.54, 1.807) is 6.08 Å². The van der Waals surface area contributed by atoms with Crippen molar-refractivity contribution in [2.75, 3.05) is 0 Å². The van der Waals surface area contributed by atoms with E-state index in [1.807, 2.05) is 43.3 Å². The molecule has 16 heavy (non-hydrogen) atoms. The predicted octanol–water partition coefficient (Wildman–Crippen LogP) is 3.00. The molecule has 86 valence electrons. The van der Waals surface area contributed by atoms with Crippen LogP contribution in [-0.4, -0.2) is 11.9 Å². The zero-order valence-electron chi connectivity index (χ0n) is 9.94. The van der Waals surface area contributed by atoms with Crippen LogP contribution in [0.3, 0.4) is 0 Å². The third kappa shape index (κ3) is 4.78. The van der Waals surface area contributed by atoms with Crippen LogP contribution in [0.15, 0.2) is 36.4 Å². The van der Waals surface area contributed by atoms with Crippen molar-refractivity contribution >= 4 is 12.0 Å². The average Bonchev–Trinajstić information content (AvgIpc) is 2.28. The second-order valence-corrected chi connectivity index (χ2v) is 3.94. The molecule has 2 nitrogen and oxygen atoms in total. The number of carbonyl (C=O) groups excluding carboxylic acids is 1. The summed E-state index contributed by atoms with van der Waals surface area (Å²) < 4.78 is 0. The molecule has 1 aromatic rings. The molecule has 2 heteroatoms. The first-order valence-electron chi connectivity index (χ1n) is 5.76. The van der Waals surface area contributed by atoms with Crippen LogP contribution in [0.5, 0.6) is 0 Å². The number of hydrogen-bond acceptors (Lipinski definition) is 1. The van der Waals surface area contributed by atoms with E-state index in [4.69, 9.17) is 0 Å². The maximum Gasteiger partial charge on any atom is 0.244 e. The van der Waals surface area contributed by atoms with E-state index in [9.17, 15) is 4.79 Å². The van der Waals surface area contributed by atoms with Crippen molar-refractivity contribution in [3.8, 4) is 0 Å². The van der Waals surface area contributed by atoms with Crippen LogP contribution in [0, 0.1) is 0 Å². The molecule has 0 aliphatic carbocycles. The lowest BCUT2D eigenvalue weighted by molar-refractivity contribution is -0.117. The van der Waals surface area contributed by atoms with Gasteiger partial charge in [-0.05, 0) is 25.0 Å². The Morgan fingerprint density at radius 2 is 2.06 bits per heavy atom. The first-order valence-corrected chi connectivity index (χ1v) is 5.76. The van der Waals surface area contributed by atoms with Gasteiger partial charge in [0.25, 0.3) is 0 Å². The Morgan fingerprint density at radius 1 is 1.38 bits per heavy atom. The fourth-order valence-corrected chi connectivity index (χ4v) is 1.53. The molecule has 0 aromatic heterocycles. The average molecular weight is 217 g/mol. The van der Waals surface area contributed by atoms with E-state index in [0.29, 0.717) is 0 Å². The van der Waals surface area contributed by atoms with Gasteiger partial charge in [-0.2, -0.15) is 0 Å². The van der Waals surface area contributed by atoms with E-state index in [2.05, 4.69) is 12.2 Å². The molecular weight excluding hydrogens is 198 g/mol. The van der Waals surface area contributed by atoms with Crippen LogP contribution in [0.4, 0.5) is 0 Å². The van der Waals surface area contributed by atoms with Gasteiger partial charge < -0.3 is 5.32 Å². The van der Waals surface area contributed by atoms with E-state index in [1.165, 1.54) is 0 Å². The van der Waals surface area contributed by atoms with Crippen molar-refractivity contribution in [2.45, 2.75) is 32.7 Å². The Labute approximate surface area is 97.4 Å². The molecule has 0 saturated heterocycles. The topological polar surface area (TPSA) is 29.1 Å². The molecule has 0 radical (unpaired) electrons. The van der Waals surface area contributed by atoms with Crippen molar-refractivity contribution in [3.05, 3.63) is 42.0 Å². The molecule has 1 aromatic carbocycles. The lowest BCUT2D eigenvalue weighted by Gasteiger charge is -2.10. The standard InChI is InChI=1S/C14H19NO/c1-3-7-12(2)15-14(16)11-10-13-8-5-4-6-9-13/h4-6,8-12H,3,7H2,1-2H3,(H,15,16). The summed E-state index contributed by atoms with van der Waals surface area (Å²) in [6.45, 7) is 4.14. The molecule has 0 heterocycles. The summed E-state index contributed by atoms with van der Waals surface area (Å²) in [6.07, 6.45) is 5.52. The Hall–Kier alpha value is -1.57. The second kappa shape index (κ2) is 6.83. The third-order valence-corrected chi connectivity index (χ3v) is 2.34. The molecule has 1 amide bonds. The van der Waals surface area contributed by atoms with Crippen LogP contribution in [0.2, 0.25) is 0 Å². The lowest BCUT2D eigenvalue weighted by Crippen LogP contribution is -2.30. The van der Waals surface area contributed by atoms with Gasteiger partial charge in [-0.1, -0.05) is 43.7 Å². The first-order chi connectivity index (χ1) is 7.72. The minimum Gasteiger partial charge on any atom is -0.350 e. The molecule has 0 fully saturated rings. The van der Waals surface area contributed by atoms with Gasteiger partial charge in [-0.15, -0.1) is 0 Å². The monoisotopic (exact) mass is 217 g/mol. The highest BCUT2D eigenvalue weighted by Crippen LogP contribution is 2.01. The third-order valence-electron chi connectivity index (χ3n) is 2.34. The van der Waals surface area contributed by atoms with Gasteiger partial charge in [0.15, 0.2) is 0 Å². The zero-order chi connectivity index (χ0) is 11.8. The Balaban J connectivity index is 2.42. The van der Waals surface area contributed by atoms with Crippen LogP contribution < -0.4 is 5.32 Å². The zero-order valence-corrected chi connectivity index (χ0v) is 9.94. The Bertz CT molecular complexity index is 343. The molecule has 0 aliphatic rings. The molecule has 0 spiro atoms. The number of carbonyl (C=O) groups is 1. The van der Waals surface area contributed by atoms with Crippen LogP contribution >= 0.6 is 0 Å². The van der Waals surface area contributed by atoms with E-state index < -0.39 is 0 Å². The van der Waals surface area contributed by atoms with Crippen molar-refractivity contribution in [1.29, 1.82) is 0 Å². The summed E-state index contributed by atoms with van der Waals surface area (Å²) >= 11 is 0. The molecular formula is C14H19NO. The summed E-state index contributed by atoms with van der Waals surface area (Å²) in [4.78, 5) is 11.5. The van der Waals surface area contributed by atoms with E-state index in [0.717, 1.165) is 18.4 Å². The van der Waals surface area contributed by atoms with Gasteiger partial charge in [0.2, 0.25) is 5.91 Å². The molecule has 0 saturated carbocycles. The number of amides is 1. The molecule has 1 unspecified atom stereocenters. The van der Waals surface area contributed by atoms with Gasteiger partial charge >= 0.3 is 0 Å². The van der Waals surface area contributed by atoms with E-state index >= 15 is 0 Å². The van der Waals surface area contributed by atoms with Gasteiger partial charge in [-0.25, -0.2) is 0 Å². The fraction of sp³-hybridized carbons (Fsp3) is 0.357. The second-order valence-electron chi connectivity index (χ2n) is 3.94. The first kappa shape index (κ1) is 12.5. The maximum atomic E-state index is 11.5. The Kier molecular flexibility index (Phi) is 5.34. The van der Waals surface area contributed by atoms with Crippen LogP contribution in [0.25, 0.3) is 6.08 Å². The smallest absolute Gasteiger partial charge is 0.244 e. The van der Waals surface area contributed by atoms with Crippen molar-refractivity contribution in [1.82, 2.24) is 5.32 Å². The van der Waals surface area contributed by atoms with Crippen molar-refractivity contribution < 1.29 is 4.79 Å². The maximum absolute atomic E-state index is 11.5. The Morgan fingerprint density at radius 3 is 2.69 bits per heavy atom. The summed E-state index contributed by atoms with van der Waals surface area (Å²) in [6, 6.07) is 10.1. The van der Waals surface area contributed by atoms with Gasteiger partial charge in [0.1, 0.15) is 0 Å². The highest BCUT2D eigenvalue weighted by molar-refractivity contribution is 5.91. The molecule has 1 rings (SSSR count). The van der Waals surface area contributed by atoms with Gasteiger partial charge in [-0.3, -0.25) is 4.79 Å². The highest BCUT2D eigenvalue weighted by atomic mass is 16.1. The molecule has 0 aliphatic heterocycles. The summed E-state index contributed by atoms with van der Waals surface area (Å²) in [5, 5.41) is 2.93. The SMILES string of the molecule is CCCC(C)NC(=O)C=Cc1ccccc1. The van der Waals surface area contributed by atoms with Gasteiger partial charge in [0, 0.05) is 12.1 Å². The largest absolute Gasteiger partial charge is 0.350 e. The number of rotatable bonds is 5. The van der Waals surface area contributed by atoms with Crippen molar-refractivity contribution in [3.63, 3.8) is 0 Å². The summed E-state index contributed by atoms with van der Waals surface area (Å²) in [5.41, 5.74) is 1.04. The summed E-state index contributed by atoms with van der Waals surface area (Å²) in [7, 11) is 0. The highest BCUT2D eigenvalue weighted by Gasteiger charge is 2.02. The molecule has 1 atom stereocenters. The number of benzene rings is 1. The predicted molar refractivity (Wildman–Crippen MR) is 68.0 cm³/mol. The number of hydrogen-bond donors (Lipinski definition) is 1. The molecule has 1 N–H and O–H groups in total. The fourth-order valence-electron chi connectivity index (χ4n) is 1.53. The number of nitrogens with one attached hydrogen (secondary N) is 1.